The van der Waals surface area contributed by atoms with E-state index in [1.807, 2.05) is 48.5 Å². The molecule has 5 N–H and O–H groups in total. The molecule has 2 saturated heterocycles. The second-order valence-electron chi connectivity index (χ2n) is 10.9. The molecule has 4 unspecified atom stereocenters. The summed E-state index contributed by atoms with van der Waals surface area (Å²) < 4.78 is 12.9. The number of ether oxygens (including phenoxy) is 2. The first-order chi connectivity index (χ1) is 20.0. The first-order valence-electron chi connectivity index (χ1n) is 14.7. The van der Waals surface area contributed by atoms with Gasteiger partial charge in [-0.25, -0.2) is 5.48 Å². The maximum atomic E-state index is 12.6. The molecule has 2 amide bonds. The van der Waals surface area contributed by atoms with E-state index in [0.717, 1.165) is 48.9 Å². The van der Waals surface area contributed by atoms with Gasteiger partial charge in [-0.1, -0.05) is 49.2 Å². The minimum atomic E-state index is -0.626. The molecule has 4 rings (SSSR count). The van der Waals surface area contributed by atoms with Gasteiger partial charge in [-0.05, 0) is 55.5 Å². The van der Waals surface area contributed by atoms with Crippen LogP contribution in [0.3, 0.4) is 0 Å². The molecule has 0 aromatic heterocycles. The van der Waals surface area contributed by atoms with Gasteiger partial charge in [0.05, 0.1) is 25.4 Å². The maximum Gasteiger partial charge on any atom is 0.243 e. The summed E-state index contributed by atoms with van der Waals surface area (Å²) in [4.78, 5) is 25.9. The monoisotopic (exact) mass is 569 g/mol. The van der Waals surface area contributed by atoms with Crippen LogP contribution in [-0.2, 0) is 25.7 Å². The van der Waals surface area contributed by atoms with E-state index in [-0.39, 0.29) is 43.8 Å². The molecule has 2 fully saturated rings. The Balaban J connectivity index is 1.38. The first-order valence-corrected chi connectivity index (χ1v) is 14.7. The molecule has 0 bridgehead atoms. The van der Waals surface area contributed by atoms with Crippen molar-refractivity contribution in [1.82, 2.24) is 10.4 Å². The Labute approximate surface area is 241 Å². The Bertz CT molecular complexity index is 1110. The molecular weight excluding hydrogens is 526 g/mol. The number of hydrogen-bond donors (Lipinski definition) is 5. The third kappa shape index (κ3) is 9.32. The Hall–Kier alpha value is -2.86. The minimum Gasteiger partial charge on any atom is -0.395 e. The molecule has 0 spiro atoms. The molecule has 2 aromatic rings. The summed E-state index contributed by atoms with van der Waals surface area (Å²) in [5.41, 5.74) is 4.97. The molecular formula is C31H43N3O7. The van der Waals surface area contributed by atoms with Gasteiger partial charge in [-0.3, -0.25) is 19.7 Å². The summed E-state index contributed by atoms with van der Waals surface area (Å²) in [7, 11) is 0. The van der Waals surface area contributed by atoms with E-state index in [9.17, 15) is 19.8 Å². The number of nitrogens with one attached hydrogen (secondary N) is 2. The summed E-state index contributed by atoms with van der Waals surface area (Å²) in [5, 5.41) is 30.8. The molecule has 2 aromatic carbocycles. The fourth-order valence-electron chi connectivity index (χ4n) is 5.60. The van der Waals surface area contributed by atoms with Crippen LogP contribution in [0.4, 0.5) is 5.69 Å². The summed E-state index contributed by atoms with van der Waals surface area (Å²) in [5.74, 6) is -0.472. The van der Waals surface area contributed by atoms with E-state index in [1.165, 1.54) is 0 Å². The van der Waals surface area contributed by atoms with Crippen LogP contribution in [0.25, 0.3) is 0 Å². The summed E-state index contributed by atoms with van der Waals surface area (Å²) in [6.07, 6.45) is 5.45. The van der Waals surface area contributed by atoms with Crippen molar-refractivity contribution in [3.63, 3.8) is 0 Å². The quantitative estimate of drug-likeness (QED) is 0.131. The third-order valence-corrected chi connectivity index (χ3v) is 7.89. The number of aliphatic hydroxyl groups is 2. The first kappa shape index (κ1) is 31.1. The highest BCUT2D eigenvalue weighted by Gasteiger charge is 2.35. The second kappa shape index (κ2) is 16.0. The number of anilines is 1. The lowest BCUT2D eigenvalue weighted by molar-refractivity contribution is -0.253. The SMILES string of the molecule is O=C(CCCCCCC(=O)Nc1cccc(C2OC(CN3CCCC3CO)CC(c3ccc(CO)cc3)O2)c1)NO. The Morgan fingerprint density at radius 3 is 2.39 bits per heavy atom. The molecule has 0 radical (unpaired) electrons. The zero-order valence-corrected chi connectivity index (χ0v) is 23.5. The number of unbranched alkanes of at least 4 members (excludes halogenated alkanes) is 3. The van der Waals surface area contributed by atoms with E-state index < -0.39 is 12.2 Å². The van der Waals surface area contributed by atoms with Crippen LogP contribution in [0.5, 0.6) is 0 Å². The number of carbonyl (C=O) groups is 2. The third-order valence-electron chi connectivity index (χ3n) is 7.89. The molecule has 41 heavy (non-hydrogen) atoms. The van der Waals surface area contributed by atoms with Crippen molar-refractivity contribution in [2.45, 2.75) is 88.9 Å². The maximum absolute atomic E-state index is 12.6. The fourth-order valence-corrected chi connectivity index (χ4v) is 5.60. The molecule has 2 heterocycles. The Kier molecular flexibility index (Phi) is 12.1. The predicted molar refractivity (Wildman–Crippen MR) is 153 cm³/mol. The number of carbonyl (C=O) groups excluding carboxylic acids is 2. The van der Waals surface area contributed by atoms with Crippen LogP contribution >= 0.6 is 0 Å². The van der Waals surface area contributed by atoms with Gasteiger partial charge in [0.1, 0.15) is 0 Å². The van der Waals surface area contributed by atoms with Crippen molar-refractivity contribution in [1.29, 1.82) is 0 Å². The van der Waals surface area contributed by atoms with Crippen LogP contribution in [0.1, 0.15) is 86.9 Å². The van der Waals surface area contributed by atoms with Gasteiger partial charge in [-0.2, -0.15) is 0 Å². The predicted octanol–water partition coefficient (Wildman–Crippen LogP) is 3.97. The topological polar surface area (TPSA) is 141 Å². The van der Waals surface area contributed by atoms with E-state index in [4.69, 9.17) is 14.7 Å². The van der Waals surface area contributed by atoms with Gasteiger partial charge in [0.2, 0.25) is 11.8 Å². The summed E-state index contributed by atoms with van der Waals surface area (Å²) in [6, 6.07) is 15.5. The zero-order chi connectivity index (χ0) is 29.0. The lowest BCUT2D eigenvalue weighted by Gasteiger charge is -2.38. The number of hydroxylamine groups is 1. The van der Waals surface area contributed by atoms with Crippen LogP contribution in [0.2, 0.25) is 0 Å². The van der Waals surface area contributed by atoms with Gasteiger partial charge in [0, 0.05) is 43.1 Å². The summed E-state index contributed by atoms with van der Waals surface area (Å²) in [6.45, 7) is 1.77. The fraction of sp³-hybridized carbons (Fsp3) is 0.548. The van der Waals surface area contributed by atoms with Crippen molar-refractivity contribution >= 4 is 17.5 Å². The zero-order valence-electron chi connectivity index (χ0n) is 23.5. The number of likely N-dealkylation sites (tertiary alicyclic amines) is 1. The number of aliphatic hydroxyl groups excluding tert-OH is 2. The number of nitrogens with zero attached hydrogens (tertiary/aromatic N) is 1. The molecule has 4 atom stereocenters. The standard InChI is InChI=1S/C31H43N3O7/c35-20-22-12-14-23(15-13-22)28-18-27(19-34-16-6-9-26(34)21-36)40-31(41-28)24-7-5-8-25(17-24)32-29(37)10-3-1-2-4-11-30(38)33-39/h5,7-8,12-15,17,26-28,31,35-36,39H,1-4,6,9-11,16,18-21H2,(H,32,37)(H,33,38). The smallest absolute Gasteiger partial charge is 0.243 e. The molecule has 0 aliphatic carbocycles. The average Bonchev–Trinajstić information content (AvgIpc) is 3.45. The van der Waals surface area contributed by atoms with Gasteiger partial charge >= 0.3 is 0 Å². The lowest BCUT2D eigenvalue weighted by Crippen LogP contribution is -2.42. The molecule has 2 aliphatic rings. The van der Waals surface area contributed by atoms with E-state index in [2.05, 4.69) is 10.2 Å². The van der Waals surface area contributed by atoms with Gasteiger partial charge < -0.3 is 25.0 Å². The van der Waals surface area contributed by atoms with Crippen molar-refractivity contribution in [2.75, 3.05) is 25.0 Å². The van der Waals surface area contributed by atoms with Crippen LogP contribution in [0, 0.1) is 0 Å². The van der Waals surface area contributed by atoms with E-state index >= 15 is 0 Å². The van der Waals surface area contributed by atoms with Crippen molar-refractivity contribution in [2.24, 2.45) is 0 Å². The highest BCUT2D eigenvalue weighted by atomic mass is 16.7. The van der Waals surface area contributed by atoms with Crippen LogP contribution in [0.15, 0.2) is 48.5 Å². The Morgan fingerprint density at radius 2 is 1.68 bits per heavy atom. The minimum absolute atomic E-state index is 0.0143. The van der Waals surface area contributed by atoms with Gasteiger partial charge in [0.25, 0.3) is 0 Å². The van der Waals surface area contributed by atoms with Crippen molar-refractivity contribution < 1.29 is 34.5 Å². The molecule has 2 aliphatic heterocycles. The number of amides is 2. The van der Waals surface area contributed by atoms with Gasteiger partial charge in [-0.15, -0.1) is 0 Å². The lowest BCUT2D eigenvalue weighted by atomic mass is 9.99. The number of rotatable bonds is 14. The largest absolute Gasteiger partial charge is 0.395 e. The van der Waals surface area contributed by atoms with Crippen LogP contribution < -0.4 is 10.8 Å². The molecule has 224 valence electrons. The molecule has 10 nitrogen and oxygen atoms in total. The number of benzene rings is 2. The second-order valence-corrected chi connectivity index (χ2v) is 10.9. The van der Waals surface area contributed by atoms with Crippen LogP contribution in [-0.4, -0.2) is 64.0 Å². The van der Waals surface area contributed by atoms with Crippen molar-refractivity contribution in [3.8, 4) is 0 Å². The normalized spacial score (nSPS) is 22.9. The molecule has 10 heteroatoms. The average molecular weight is 570 g/mol. The summed E-state index contributed by atoms with van der Waals surface area (Å²) >= 11 is 0. The number of hydrogen-bond acceptors (Lipinski definition) is 8. The van der Waals surface area contributed by atoms with E-state index in [0.29, 0.717) is 37.9 Å². The molecule has 0 saturated carbocycles. The van der Waals surface area contributed by atoms with Crippen molar-refractivity contribution in [3.05, 3.63) is 65.2 Å². The highest BCUT2D eigenvalue weighted by Crippen LogP contribution is 2.39. The highest BCUT2D eigenvalue weighted by molar-refractivity contribution is 5.90. The van der Waals surface area contributed by atoms with Gasteiger partial charge in [0.15, 0.2) is 6.29 Å². The van der Waals surface area contributed by atoms with E-state index in [1.54, 1.807) is 5.48 Å². The Morgan fingerprint density at radius 1 is 0.927 bits per heavy atom.